The highest BCUT2D eigenvalue weighted by molar-refractivity contribution is 14.1. The summed E-state index contributed by atoms with van der Waals surface area (Å²) in [5.41, 5.74) is 8.92. The van der Waals surface area contributed by atoms with E-state index in [9.17, 15) is 0 Å². The van der Waals surface area contributed by atoms with Crippen molar-refractivity contribution in [2.24, 2.45) is 5.73 Å². The zero-order chi connectivity index (χ0) is 13.1. The third-order valence-corrected chi connectivity index (χ3v) is 5.83. The van der Waals surface area contributed by atoms with Gasteiger partial charge in [0.25, 0.3) is 0 Å². The van der Waals surface area contributed by atoms with Crippen LogP contribution >= 0.6 is 33.9 Å². The summed E-state index contributed by atoms with van der Waals surface area (Å²) in [5, 5.41) is 0. The van der Waals surface area contributed by atoms with E-state index in [0.29, 0.717) is 0 Å². The van der Waals surface area contributed by atoms with Gasteiger partial charge < -0.3 is 5.73 Å². The van der Waals surface area contributed by atoms with Crippen molar-refractivity contribution in [1.29, 1.82) is 0 Å². The molecular weight excluding hydrogens is 353 g/mol. The van der Waals surface area contributed by atoms with Gasteiger partial charge in [0.1, 0.15) is 0 Å². The molecular formula is C15H18INS. The molecule has 0 aliphatic rings. The highest BCUT2D eigenvalue weighted by Crippen LogP contribution is 2.26. The van der Waals surface area contributed by atoms with E-state index in [1.54, 1.807) is 0 Å². The van der Waals surface area contributed by atoms with E-state index in [4.69, 9.17) is 5.73 Å². The van der Waals surface area contributed by atoms with Crippen molar-refractivity contribution in [3.05, 3.63) is 54.8 Å². The van der Waals surface area contributed by atoms with Crippen LogP contribution in [0, 0.1) is 10.5 Å². The number of benzene rings is 1. The van der Waals surface area contributed by atoms with Crippen molar-refractivity contribution in [3.8, 4) is 0 Å². The van der Waals surface area contributed by atoms with Gasteiger partial charge in [0, 0.05) is 25.8 Å². The average Bonchev–Trinajstić information content (AvgIpc) is 2.80. The second-order valence-electron chi connectivity index (χ2n) is 4.51. The standard InChI is InChI=1S/C15H18INS/c1-3-11-7-8-12(18-11)9-14(17)13-6-4-5-10(2)15(13)16/h4-8,14H,3,9,17H2,1-2H3. The van der Waals surface area contributed by atoms with Crippen LogP contribution in [0.4, 0.5) is 0 Å². The maximum atomic E-state index is 6.35. The number of nitrogens with two attached hydrogens (primary N) is 1. The lowest BCUT2D eigenvalue weighted by Crippen LogP contribution is -2.14. The highest BCUT2D eigenvalue weighted by Gasteiger charge is 2.12. The molecule has 2 N–H and O–H groups in total. The second kappa shape index (κ2) is 6.17. The Labute approximate surface area is 127 Å². The van der Waals surface area contributed by atoms with Crippen LogP contribution in [0.2, 0.25) is 0 Å². The van der Waals surface area contributed by atoms with Gasteiger partial charge in [-0.2, -0.15) is 0 Å². The molecule has 0 amide bonds. The predicted octanol–water partition coefficient (Wildman–Crippen LogP) is 4.47. The minimum Gasteiger partial charge on any atom is -0.324 e. The number of halogens is 1. The van der Waals surface area contributed by atoms with Gasteiger partial charge in [0.15, 0.2) is 0 Å². The molecule has 1 aromatic carbocycles. The fourth-order valence-corrected chi connectivity index (χ4v) is 3.78. The van der Waals surface area contributed by atoms with Gasteiger partial charge in [-0.1, -0.05) is 25.1 Å². The molecule has 1 heterocycles. The Kier molecular flexibility index (Phi) is 4.81. The number of thiophene rings is 1. The van der Waals surface area contributed by atoms with Crippen LogP contribution < -0.4 is 5.73 Å². The van der Waals surface area contributed by atoms with Crippen LogP contribution in [0.25, 0.3) is 0 Å². The van der Waals surface area contributed by atoms with E-state index in [-0.39, 0.29) is 6.04 Å². The summed E-state index contributed by atoms with van der Waals surface area (Å²) >= 11 is 4.28. The molecule has 0 aliphatic carbocycles. The number of hydrogen-bond donors (Lipinski definition) is 1. The first-order valence-corrected chi connectivity index (χ1v) is 8.09. The smallest absolute Gasteiger partial charge is 0.0354 e. The Balaban J connectivity index is 2.16. The second-order valence-corrected chi connectivity index (χ2v) is 6.84. The Hall–Kier alpha value is -0.390. The van der Waals surface area contributed by atoms with Crippen molar-refractivity contribution >= 4 is 33.9 Å². The zero-order valence-corrected chi connectivity index (χ0v) is 13.7. The van der Waals surface area contributed by atoms with E-state index in [1.807, 2.05) is 11.3 Å². The van der Waals surface area contributed by atoms with Crippen LogP contribution in [0.3, 0.4) is 0 Å². The molecule has 3 heteroatoms. The molecule has 0 fully saturated rings. The fraction of sp³-hybridized carbons (Fsp3) is 0.333. The summed E-state index contributed by atoms with van der Waals surface area (Å²) in [6, 6.07) is 10.9. The molecule has 1 aromatic heterocycles. The van der Waals surface area contributed by atoms with Gasteiger partial charge in [-0.25, -0.2) is 0 Å². The maximum Gasteiger partial charge on any atom is 0.0354 e. The van der Waals surface area contributed by atoms with Gasteiger partial charge in [-0.05, 0) is 59.2 Å². The molecule has 0 saturated heterocycles. The third-order valence-electron chi connectivity index (χ3n) is 3.11. The molecule has 0 aliphatic heterocycles. The lowest BCUT2D eigenvalue weighted by molar-refractivity contribution is 0.725. The first kappa shape index (κ1) is 14.0. The molecule has 0 bridgehead atoms. The van der Waals surface area contributed by atoms with Crippen molar-refractivity contribution in [2.75, 3.05) is 0 Å². The van der Waals surface area contributed by atoms with Crippen LogP contribution in [0.1, 0.15) is 33.8 Å². The molecule has 2 aromatic rings. The van der Waals surface area contributed by atoms with E-state index in [1.165, 1.54) is 24.5 Å². The van der Waals surface area contributed by atoms with Crippen LogP contribution in [-0.4, -0.2) is 0 Å². The Morgan fingerprint density at radius 1 is 1.22 bits per heavy atom. The lowest BCUT2D eigenvalue weighted by atomic mass is 10.0. The molecule has 96 valence electrons. The van der Waals surface area contributed by atoms with E-state index in [0.717, 1.165) is 12.8 Å². The van der Waals surface area contributed by atoms with Crippen LogP contribution in [0.15, 0.2) is 30.3 Å². The molecule has 0 radical (unpaired) electrons. The van der Waals surface area contributed by atoms with E-state index in [2.05, 4.69) is 66.8 Å². The highest BCUT2D eigenvalue weighted by atomic mass is 127. The minimum absolute atomic E-state index is 0.0974. The van der Waals surface area contributed by atoms with Gasteiger partial charge >= 0.3 is 0 Å². The van der Waals surface area contributed by atoms with E-state index >= 15 is 0 Å². The summed E-state index contributed by atoms with van der Waals surface area (Å²) in [6.45, 7) is 4.33. The summed E-state index contributed by atoms with van der Waals surface area (Å²) < 4.78 is 1.30. The van der Waals surface area contributed by atoms with Crippen molar-refractivity contribution in [3.63, 3.8) is 0 Å². The molecule has 1 atom stereocenters. The molecule has 1 unspecified atom stereocenters. The Morgan fingerprint density at radius 2 is 1.94 bits per heavy atom. The predicted molar refractivity (Wildman–Crippen MR) is 88.2 cm³/mol. The first-order valence-electron chi connectivity index (χ1n) is 6.20. The van der Waals surface area contributed by atoms with Crippen molar-refractivity contribution in [2.45, 2.75) is 32.7 Å². The quantitative estimate of drug-likeness (QED) is 0.789. The maximum absolute atomic E-state index is 6.35. The monoisotopic (exact) mass is 371 g/mol. The topological polar surface area (TPSA) is 26.0 Å². The SMILES string of the molecule is CCc1ccc(CC(N)c2cccc(C)c2I)s1. The Morgan fingerprint density at radius 3 is 2.61 bits per heavy atom. The molecule has 2 rings (SSSR count). The fourth-order valence-electron chi connectivity index (χ4n) is 2.01. The van der Waals surface area contributed by atoms with Gasteiger partial charge in [-0.3, -0.25) is 0 Å². The van der Waals surface area contributed by atoms with Gasteiger partial charge in [0.2, 0.25) is 0 Å². The number of aryl methyl sites for hydroxylation is 2. The molecule has 18 heavy (non-hydrogen) atoms. The normalized spacial score (nSPS) is 12.7. The minimum atomic E-state index is 0.0974. The first-order chi connectivity index (χ1) is 8.61. The summed E-state index contributed by atoms with van der Waals surface area (Å²) in [6.07, 6.45) is 2.05. The van der Waals surface area contributed by atoms with Crippen molar-refractivity contribution in [1.82, 2.24) is 0 Å². The van der Waals surface area contributed by atoms with Gasteiger partial charge in [0.05, 0.1) is 0 Å². The largest absolute Gasteiger partial charge is 0.324 e. The summed E-state index contributed by atoms with van der Waals surface area (Å²) in [7, 11) is 0. The molecule has 0 spiro atoms. The number of hydrogen-bond acceptors (Lipinski definition) is 2. The average molecular weight is 371 g/mol. The zero-order valence-electron chi connectivity index (χ0n) is 10.7. The summed E-state index contributed by atoms with van der Waals surface area (Å²) in [4.78, 5) is 2.83. The number of rotatable bonds is 4. The third kappa shape index (κ3) is 3.13. The Bertz CT molecular complexity index is 533. The van der Waals surface area contributed by atoms with Crippen LogP contribution in [-0.2, 0) is 12.8 Å². The molecule has 0 saturated carbocycles. The van der Waals surface area contributed by atoms with E-state index < -0.39 is 0 Å². The molecule has 1 nitrogen and oxygen atoms in total. The lowest BCUT2D eigenvalue weighted by Gasteiger charge is -2.14. The van der Waals surface area contributed by atoms with Crippen LogP contribution in [0.5, 0.6) is 0 Å². The van der Waals surface area contributed by atoms with Gasteiger partial charge in [-0.15, -0.1) is 11.3 Å². The van der Waals surface area contributed by atoms with Crippen molar-refractivity contribution < 1.29 is 0 Å². The summed E-state index contributed by atoms with van der Waals surface area (Å²) in [5.74, 6) is 0.